The van der Waals surface area contributed by atoms with Gasteiger partial charge in [0.25, 0.3) is 0 Å². The van der Waals surface area contributed by atoms with Crippen LogP contribution in [-0.4, -0.2) is 14.2 Å². The summed E-state index contributed by atoms with van der Waals surface area (Å²) in [6.07, 6.45) is 0. The Bertz CT molecular complexity index is 589. The molecule has 0 fully saturated rings. The van der Waals surface area contributed by atoms with Gasteiger partial charge in [0.1, 0.15) is 12.4 Å². The summed E-state index contributed by atoms with van der Waals surface area (Å²) in [5, 5.41) is 0. The van der Waals surface area contributed by atoms with Gasteiger partial charge < -0.3 is 14.2 Å². The van der Waals surface area contributed by atoms with E-state index < -0.39 is 0 Å². The SMILES string of the molecule is COc1ccc(C)cc1COc1c(CCl)cccc1OC. The monoisotopic (exact) mass is 306 g/mol. The summed E-state index contributed by atoms with van der Waals surface area (Å²) in [6.45, 7) is 2.44. The van der Waals surface area contributed by atoms with Gasteiger partial charge in [-0.25, -0.2) is 0 Å². The Morgan fingerprint density at radius 2 is 1.71 bits per heavy atom. The van der Waals surface area contributed by atoms with Crippen LogP contribution in [0, 0.1) is 6.92 Å². The number of rotatable bonds is 6. The molecule has 3 nitrogen and oxygen atoms in total. The molecule has 0 spiro atoms. The van der Waals surface area contributed by atoms with Crippen LogP contribution in [0.15, 0.2) is 36.4 Å². The minimum absolute atomic E-state index is 0.373. The van der Waals surface area contributed by atoms with E-state index in [0.29, 0.717) is 24.0 Å². The number of methoxy groups -OCH3 is 2. The van der Waals surface area contributed by atoms with E-state index in [1.165, 1.54) is 0 Å². The van der Waals surface area contributed by atoms with Crippen LogP contribution in [0.2, 0.25) is 0 Å². The van der Waals surface area contributed by atoms with Crippen LogP contribution in [0.5, 0.6) is 17.2 Å². The molecule has 0 saturated heterocycles. The molecule has 0 aliphatic heterocycles. The number of benzene rings is 2. The van der Waals surface area contributed by atoms with E-state index in [4.69, 9.17) is 25.8 Å². The summed E-state index contributed by atoms with van der Waals surface area (Å²) >= 11 is 5.97. The molecular weight excluding hydrogens is 288 g/mol. The topological polar surface area (TPSA) is 27.7 Å². The average Bonchev–Trinajstić information content (AvgIpc) is 2.52. The van der Waals surface area contributed by atoms with Crippen LogP contribution < -0.4 is 14.2 Å². The van der Waals surface area contributed by atoms with E-state index in [1.807, 2.05) is 37.3 Å². The first-order chi connectivity index (χ1) is 10.2. The van der Waals surface area contributed by atoms with Crippen molar-refractivity contribution in [1.29, 1.82) is 0 Å². The second kappa shape index (κ2) is 7.23. The van der Waals surface area contributed by atoms with Gasteiger partial charge in [0.2, 0.25) is 0 Å². The normalized spacial score (nSPS) is 10.3. The van der Waals surface area contributed by atoms with E-state index in [1.54, 1.807) is 14.2 Å². The van der Waals surface area contributed by atoms with Gasteiger partial charge in [0.05, 0.1) is 20.1 Å². The van der Waals surface area contributed by atoms with E-state index in [-0.39, 0.29) is 0 Å². The van der Waals surface area contributed by atoms with Gasteiger partial charge in [-0.05, 0) is 25.1 Å². The molecule has 2 aromatic rings. The lowest BCUT2D eigenvalue weighted by Crippen LogP contribution is -2.02. The zero-order valence-corrected chi connectivity index (χ0v) is 13.2. The highest BCUT2D eigenvalue weighted by Crippen LogP contribution is 2.33. The highest BCUT2D eigenvalue weighted by atomic mass is 35.5. The quantitative estimate of drug-likeness (QED) is 0.743. The largest absolute Gasteiger partial charge is 0.496 e. The molecule has 0 aliphatic carbocycles. The highest BCUT2D eigenvalue weighted by Gasteiger charge is 2.11. The second-order valence-corrected chi connectivity index (χ2v) is 4.95. The maximum Gasteiger partial charge on any atom is 0.166 e. The number of hydrogen-bond acceptors (Lipinski definition) is 3. The lowest BCUT2D eigenvalue weighted by Gasteiger charge is -2.15. The summed E-state index contributed by atoms with van der Waals surface area (Å²) < 4.78 is 16.7. The van der Waals surface area contributed by atoms with Crippen molar-refractivity contribution in [2.45, 2.75) is 19.4 Å². The van der Waals surface area contributed by atoms with Crippen molar-refractivity contribution in [3.63, 3.8) is 0 Å². The molecule has 112 valence electrons. The molecule has 2 aromatic carbocycles. The molecule has 2 rings (SSSR count). The van der Waals surface area contributed by atoms with Gasteiger partial charge in [0.15, 0.2) is 11.5 Å². The van der Waals surface area contributed by atoms with Crippen LogP contribution in [0.1, 0.15) is 16.7 Å². The van der Waals surface area contributed by atoms with Crippen molar-refractivity contribution in [2.75, 3.05) is 14.2 Å². The van der Waals surface area contributed by atoms with Crippen LogP contribution in [0.3, 0.4) is 0 Å². The molecule has 0 aromatic heterocycles. The molecule has 0 heterocycles. The zero-order valence-electron chi connectivity index (χ0n) is 12.5. The number of hydrogen-bond donors (Lipinski definition) is 0. The van der Waals surface area contributed by atoms with Crippen LogP contribution in [0.4, 0.5) is 0 Å². The van der Waals surface area contributed by atoms with Gasteiger partial charge in [-0.15, -0.1) is 11.6 Å². The average molecular weight is 307 g/mol. The minimum Gasteiger partial charge on any atom is -0.496 e. The molecule has 21 heavy (non-hydrogen) atoms. The first-order valence-corrected chi connectivity index (χ1v) is 7.21. The number of ether oxygens (including phenoxy) is 3. The molecular formula is C17H19ClO3. The molecule has 0 amide bonds. The number of halogens is 1. The molecule has 0 aliphatic rings. The van der Waals surface area contributed by atoms with Crippen molar-refractivity contribution in [3.05, 3.63) is 53.1 Å². The first kappa shape index (κ1) is 15.5. The lowest BCUT2D eigenvalue weighted by atomic mass is 10.1. The summed E-state index contributed by atoms with van der Waals surface area (Å²) in [7, 11) is 3.27. The summed E-state index contributed by atoms with van der Waals surface area (Å²) in [5.41, 5.74) is 3.05. The smallest absolute Gasteiger partial charge is 0.166 e. The Kier molecular flexibility index (Phi) is 5.34. The fourth-order valence-corrected chi connectivity index (χ4v) is 2.37. The van der Waals surface area contributed by atoms with Gasteiger partial charge in [-0.2, -0.15) is 0 Å². The van der Waals surface area contributed by atoms with Gasteiger partial charge >= 0.3 is 0 Å². The Morgan fingerprint density at radius 1 is 0.952 bits per heavy atom. The number of aryl methyl sites for hydroxylation is 1. The molecule has 4 heteroatoms. The van der Waals surface area contributed by atoms with Crippen LogP contribution in [0.25, 0.3) is 0 Å². The van der Waals surface area contributed by atoms with Crippen LogP contribution in [-0.2, 0) is 12.5 Å². The summed E-state index contributed by atoms with van der Waals surface area (Å²) in [6, 6.07) is 11.7. The van der Waals surface area contributed by atoms with Crippen molar-refractivity contribution in [1.82, 2.24) is 0 Å². The highest BCUT2D eigenvalue weighted by molar-refractivity contribution is 6.17. The molecule has 0 radical (unpaired) electrons. The van der Waals surface area contributed by atoms with Gasteiger partial charge in [-0.1, -0.05) is 23.8 Å². The maximum atomic E-state index is 5.97. The maximum absolute atomic E-state index is 5.97. The summed E-state index contributed by atoms with van der Waals surface area (Å²) in [4.78, 5) is 0. The first-order valence-electron chi connectivity index (χ1n) is 6.67. The molecule has 0 atom stereocenters. The molecule has 0 unspecified atom stereocenters. The molecule has 0 N–H and O–H groups in total. The summed E-state index contributed by atoms with van der Waals surface area (Å²) in [5.74, 6) is 2.54. The number of para-hydroxylation sites is 1. The Morgan fingerprint density at radius 3 is 2.38 bits per heavy atom. The second-order valence-electron chi connectivity index (χ2n) is 4.69. The third-order valence-corrected chi connectivity index (χ3v) is 3.52. The minimum atomic E-state index is 0.373. The van der Waals surface area contributed by atoms with E-state index in [0.717, 1.165) is 22.4 Å². The van der Waals surface area contributed by atoms with E-state index >= 15 is 0 Å². The third kappa shape index (κ3) is 3.61. The lowest BCUT2D eigenvalue weighted by molar-refractivity contribution is 0.276. The Balaban J connectivity index is 2.26. The van der Waals surface area contributed by atoms with Gasteiger partial charge in [-0.3, -0.25) is 0 Å². The fraction of sp³-hybridized carbons (Fsp3) is 0.294. The zero-order chi connectivity index (χ0) is 15.2. The molecule has 0 saturated carbocycles. The predicted octanol–water partition coefficient (Wildman–Crippen LogP) is 4.33. The van der Waals surface area contributed by atoms with Crippen LogP contribution >= 0.6 is 11.6 Å². The standard InChI is InChI=1S/C17H19ClO3/c1-12-7-8-15(19-2)14(9-12)11-21-17-13(10-18)5-4-6-16(17)20-3/h4-9H,10-11H2,1-3H3. The van der Waals surface area contributed by atoms with Crippen molar-refractivity contribution in [3.8, 4) is 17.2 Å². The predicted molar refractivity (Wildman–Crippen MR) is 84.6 cm³/mol. The fourth-order valence-electron chi connectivity index (χ4n) is 2.16. The van der Waals surface area contributed by atoms with Crippen molar-refractivity contribution >= 4 is 11.6 Å². The third-order valence-electron chi connectivity index (χ3n) is 3.23. The van der Waals surface area contributed by atoms with E-state index in [9.17, 15) is 0 Å². The van der Waals surface area contributed by atoms with Crippen molar-refractivity contribution < 1.29 is 14.2 Å². The number of alkyl halides is 1. The van der Waals surface area contributed by atoms with Crippen molar-refractivity contribution in [2.24, 2.45) is 0 Å². The van der Waals surface area contributed by atoms with Gasteiger partial charge in [0, 0.05) is 11.1 Å². The Hall–Kier alpha value is -1.87. The molecule has 0 bridgehead atoms. The Labute approximate surface area is 130 Å². The van der Waals surface area contributed by atoms with E-state index in [2.05, 4.69) is 6.07 Å².